The fourth-order valence-electron chi connectivity index (χ4n) is 4.23. The van der Waals surface area contributed by atoms with Crippen LogP contribution < -0.4 is 19.9 Å². The van der Waals surface area contributed by atoms with E-state index < -0.39 is 5.92 Å². The van der Waals surface area contributed by atoms with Crippen molar-refractivity contribution in [2.24, 2.45) is 5.73 Å². The van der Waals surface area contributed by atoms with Crippen LogP contribution in [-0.2, 0) is 6.61 Å². The molecule has 4 aromatic rings. The number of hydrogen-bond donors (Lipinski definition) is 2. The van der Waals surface area contributed by atoms with Crippen LogP contribution in [0.2, 0.25) is 0 Å². The second-order valence-electron chi connectivity index (χ2n) is 8.46. The first kappa shape index (κ1) is 23.1. The maximum absolute atomic E-state index is 9.96. The van der Waals surface area contributed by atoms with Crippen molar-refractivity contribution < 1.29 is 14.2 Å². The molecule has 3 aromatic carbocycles. The highest BCUT2D eigenvalue weighted by molar-refractivity contribution is 5.71. The van der Waals surface area contributed by atoms with Gasteiger partial charge in [-0.25, -0.2) is 0 Å². The third-order valence-electron chi connectivity index (χ3n) is 6.02. The van der Waals surface area contributed by atoms with Gasteiger partial charge in [0.1, 0.15) is 29.7 Å². The van der Waals surface area contributed by atoms with E-state index >= 15 is 0 Å². The fourth-order valence-corrected chi connectivity index (χ4v) is 4.23. The van der Waals surface area contributed by atoms with Crippen LogP contribution in [0, 0.1) is 11.3 Å². The molecule has 3 N–H and O–H groups in total. The average molecular weight is 479 g/mol. The lowest BCUT2D eigenvalue weighted by molar-refractivity contribution is 0.306. The fraction of sp³-hybridized carbons (Fsp3) is 0.172. The van der Waals surface area contributed by atoms with Gasteiger partial charge in [-0.15, -0.1) is 5.10 Å². The van der Waals surface area contributed by atoms with Crippen molar-refractivity contribution in [1.29, 1.82) is 5.26 Å². The van der Waals surface area contributed by atoms with E-state index in [0.717, 1.165) is 45.9 Å². The monoisotopic (exact) mass is 478 g/mol. The summed E-state index contributed by atoms with van der Waals surface area (Å²) in [5, 5.41) is 17.4. The van der Waals surface area contributed by atoms with Crippen molar-refractivity contribution in [2.45, 2.75) is 25.9 Å². The maximum atomic E-state index is 9.96. The Morgan fingerprint density at radius 2 is 1.67 bits per heavy atom. The molecule has 7 heteroatoms. The zero-order chi connectivity index (χ0) is 24.9. The number of benzene rings is 3. The summed E-state index contributed by atoms with van der Waals surface area (Å²) in [5.74, 6) is 1.52. The van der Waals surface area contributed by atoms with Crippen LogP contribution in [0.25, 0.3) is 11.3 Å². The molecule has 0 fully saturated rings. The van der Waals surface area contributed by atoms with Gasteiger partial charge in [0.15, 0.2) is 0 Å². The van der Waals surface area contributed by atoms with Crippen LogP contribution >= 0.6 is 0 Å². The Hall–Kier alpha value is -4.70. The lowest BCUT2D eigenvalue weighted by Gasteiger charge is -2.24. The summed E-state index contributed by atoms with van der Waals surface area (Å²) in [6, 6.07) is 27.7. The average Bonchev–Trinajstić information content (AvgIpc) is 3.34. The van der Waals surface area contributed by atoms with Gasteiger partial charge in [0.25, 0.3) is 0 Å². The van der Waals surface area contributed by atoms with E-state index in [1.54, 1.807) is 0 Å². The molecule has 0 bridgehead atoms. The number of aromatic nitrogens is 2. The summed E-state index contributed by atoms with van der Waals surface area (Å²) in [5.41, 5.74) is 10.9. The number of fused-ring (bicyclic) bond motifs is 1. The number of rotatable bonds is 8. The number of nitrogens with two attached hydrogens (primary N) is 1. The zero-order valence-electron chi connectivity index (χ0n) is 19.9. The number of nitrogens with zero attached hydrogens (tertiary/aromatic N) is 2. The third-order valence-corrected chi connectivity index (χ3v) is 6.02. The van der Waals surface area contributed by atoms with E-state index in [4.69, 9.17) is 19.9 Å². The van der Waals surface area contributed by atoms with Crippen LogP contribution in [0.3, 0.4) is 0 Å². The Kier molecular flexibility index (Phi) is 6.59. The Labute approximate surface area is 209 Å². The van der Waals surface area contributed by atoms with Crippen molar-refractivity contribution >= 4 is 0 Å². The minimum absolute atomic E-state index is 0.0563. The molecule has 0 unspecified atom stereocenters. The third kappa shape index (κ3) is 4.62. The number of nitrogens with one attached hydrogen (secondary N) is 1. The van der Waals surface area contributed by atoms with Gasteiger partial charge in [-0.2, -0.15) is 5.26 Å². The topological polar surface area (TPSA) is 106 Å². The molecule has 1 atom stereocenters. The van der Waals surface area contributed by atoms with Crippen LogP contribution in [0.1, 0.15) is 36.0 Å². The van der Waals surface area contributed by atoms with Crippen molar-refractivity contribution in [2.75, 3.05) is 6.61 Å². The van der Waals surface area contributed by atoms with Gasteiger partial charge >= 0.3 is 0 Å². The molecular formula is C29H26N4O3. The predicted octanol–water partition coefficient (Wildman–Crippen LogP) is 5.66. The molecular weight excluding hydrogens is 452 g/mol. The maximum Gasteiger partial charge on any atom is 0.244 e. The molecule has 180 valence electrons. The van der Waals surface area contributed by atoms with Gasteiger partial charge < -0.3 is 19.9 Å². The van der Waals surface area contributed by atoms with E-state index in [2.05, 4.69) is 23.2 Å². The van der Waals surface area contributed by atoms with Crippen LogP contribution in [0.5, 0.6) is 17.4 Å². The summed E-state index contributed by atoms with van der Waals surface area (Å²) < 4.78 is 17.4. The van der Waals surface area contributed by atoms with Gasteiger partial charge in [-0.3, -0.25) is 5.10 Å². The molecule has 36 heavy (non-hydrogen) atoms. The van der Waals surface area contributed by atoms with Crippen molar-refractivity contribution in [3.63, 3.8) is 0 Å². The summed E-state index contributed by atoms with van der Waals surface area (Å²) >= 11 is 0. The Bertz CT molecular complexity index is 1400. The smallest absolute Gasteiger partial charge is 0.244 e. The Morgan fingerprint density at radius 3 is 2.36 bits per heavy atom. The predicted molar refractivity (Wildman–Crippen MR) is 136 cm³/mol. The largest absolute Gasteiger partial charge is 0.494 e. The number of aromatic amines is 1. The molecule has 2 heterocycles. The highest BCUT2D eigenvalue weighted by atomic mass is 16.5. The first-order valence-corrected chi connectivity index (χ1v) is 11.8. The van der Waals surface area contributed by atoms with E-state index in [1.165, 1.54) is 0 Å². The van der Waals surface area contributed by atoms with Crippen molar-refractivity contribution in [3.05, 3.63) is 107 Å². The first-order valence-electron chi connectivity index (χ1n) is 11.8. The standard InChI is InChI=1S/C29H26N4O3/c1-2-16-34-22-14-10-21(11-15-22)27-26-25(24(17-30)28(31)36-29(26)33-32-27)20-8-12-23(13-9-20)35-18-19-6-4-3-5-7-19/h3-15,25H,2,16,18,31H2,1H3,(H,32,33)/t25-/m0/s1. The summed E-state index contributed by atoms with van der Waals surface area (Å²) in [6.45, 7) is 3.20. The Balaban J connectivity index is 1.46. The molecule has 7 nitrogen and oxygen atoms in total. The molecule has 5 rings (SSSR count). The van der Waals surface area contributed by atoms with Gasteiger partial charge in [0.05, 0.1) is 23.8 Å². The van der Waals surface area contributed by atoms with E-state index in [-0.39, 0.29) is 5.88 Å². The van der Waals surface area contributed by atoms with E-state index in [0.29, 0.717) is 24.7 Å². The number of H-pyrrole nitrogens is 1. The van der Waals surface area contributed by atoms with E-state index in [1.807, 2.05) is 78.9 Å². The highest BCUT2D eigenvalue weighted by Crippen LogP contribution is 2.46. The summed E-state index contributed by atoms with van der Waals surface area (Å²) in [4.78, 5) is 0. The SMILES string of the molecule is CCCOc1ccc(-c2[nH]nc3c2[C@@H](c2ccc(OCc4ccccc4)cc2)C(C#N)=C(N)O3)cc1. The van der Waals surface area contributed by atoms with Gasteiger partial charge in [0, 0.05) is 5.56 Å². The van der Waals surface area contributed by atoms with Gasteiger partial charge in [-0.05, 0) is 53.9 Å². The second kappa shape index (κ2) is 10.3. The Morgan fingerprint density at radius 1 is 0.972 bits per heavy atom. The lowest BCUT2D eigenvalue weighted by Crippen LogP contribution is -2.21. The van der Waals surface area contributed by atoms with Gasteiger partial charge in [-0.1, -0.05) is 49.4 Å². The molecule has 0 spiro atoms. The minimum atomic E-state index is -0.438. The van der Waals surface area contributed by atoms with Crippen molar-refractivity contribution in [1.82, 2.24) is 10.2 Å². The number of allylic oxidation sites excluding steroid dienone is 1. The van der Waals surface area contributed by atoms with Crippen LogP contribution in [0.15, 0.2) is 90.3 Å². The van der Waals surface area contributed by atoms with E-state index in [9.17, 15) is 5.26 Å². The zero-order valence-corrected chi connectivity index (χ0v) is 19.9. The highest BCUT2D eigenvalue weighted by Gasteiger charge is 2.35. The second-order valence-corrected chi connectivity index (χ2v) is 8.46. The summed E-state index contributed by atoms with van der Waals surface area (Å²) in [6.07, 6.45) is 0.940. The molecule has 0 radical (unpaired) electrons. The normalized spacial score (nSPS) is 14.5. The van der Waals surface area contributed by atoms with Crippen LogP contribution in [0.4, 0.5) is 0 Å². The minimum Gasteiger partial charge on any atom is -0.494 e. The van der Waals surface area contributed by atoms with Gasteiger partial charge in [0.2, 0.25) is 11.8 Å². The summed E-state index contributed by atoms with van der Waals surface area (Å²) in [7, 11) is 0. The lowest BCUT2D eigenvalue weighted by atomic mass is 9.83. The molecule has 0 saturated heterocycles. The quantitative estimate of drug-likeness (QED) is 0.338. The van der Waals surface area contributed by atoms with Crippen LogP contribution in [-0.4, -0.2) is 16.8 Å². The first-order chi connectivity index (χ1) is 17.7. The molecule has 0 amide bonds. The molecule has 0 aliphatic carbocycles. The number of ether oxygens (including phenoxy) is 3. The van der Waals surface area contributed by atoms with Crippen molar-refractivity contribution in [3.8, 4) is 34.7 Å². The number of hydrogen-bond acceptors (Lipinski definition) is 6. The number of nitriles is 1. The molecule has 1 aliphatic heterocycles. The molecule has 1 aliphatic rings. The molecule has 1 aromatic heterocycles. The molecule has 0 saturated carbocycles.